The van der Waals surface area contributed by atoms with Gasteiger partial charge in [-0.05, 0) is 60.6 Å². The van der Waals surface area contributed by atoms with E-state index in [2.05, 4.69) is 18.2 Å². The quantitative estimate of drug-likeness (QED) is 0.913. The molecular weight excluding hydrogens is 248 g/mol. The number of aliphatic hydroxyl groups excluding tert-OH is 1. The molecule has 0 aliphatic heterocycles. The Kier molecular flexibility index (Phi) is 3.75. The molecule has 0 aromatic heterocycles. The number of fused-ring (bicyclic) bond motifs is 1. The smallest absolute Gasteiger partial charge is 0.119 e. The molecule has 2 aromatic rings. The lowest BCUT2D eigenvalue weighted by molar-refractivity contribution is 0.199. The predicted molar refractivity (Wildman–Crippen MR) is 79.9 cm³/mol. The van der Waals surface area contributed by atoms with Crippen molar-refractivity contribution in [2.24, 2.45) is 0 Å². The third-order valence-corrected chi connectivity index (χ3v) is 3.93. The molecule has 0 bridgehead atoms. The lowest BCUT2D eigenvalue weighted by atomic mass is 10.1. The summed E-state index contributed by atoms with van der Waals surface area (Å²) in [6, 6.07) is 14.3. The highest BCUT2D eigenvalue weighted by Crippen LogP contribution is 2.24. The van der Waals surface area contributed by atoms with Crippen LogP contribution < -0.4 is 4.74 Å². The molecule has 2 aromatic carbocycles. The van der Waals surface area contributed by atoms with E-state index in [-0.39, 0.29) is 0 Å². The van der Waals surface area contributed by atoms with Crippen molar-refractivity contribution in [1.29, 1.82) is 0 Å². The number of aliphatic hydroxyl groups is 1. The van der Waals surface area contributed by atoms with Crippen LogP contribution in [0.1, 0.15) is 41.7 Å². The van der Waals surface area contributed by atoms with E-state index in [9.17, 15) is 5.11 Å². The number of hydrogen-bond acceptors (Lipinski definition) is 2. The summed E-state index contributed by atoms with van der Waals surface area (Å²) in [4.78, 5) is 0. The summed E-state index contributed by atoms with van der Waals surface area (Å²) in [6.45, 7) is 2.36. The van der Waals surface area contributed by atoms with Crippen LogP contribution in [0.15, 0.2) is 42.5 Å². The van der Waals surface area contributed by atoms with Crippen LogP contribution in [0.5, 0.6) is 5.75 Å². The van der Waals surface area contributed by atoms with E-state index in [0.717, 1.165) is 11.3 Å². The molecule has 0 saturated heterocycles. The Morgan fingerprint density at radius 1 is 1.05 bits per heavy atom. The first-order valence-corrected chi connectivity index (χ1v) is 7.24. The molecule has 0 heterocycles. The Morgan fingerprint density at radius 3 is 2.55 bits per heavy atom. The lowest BCUT2D eigenvalue weighted by Gasteiger charge is -2.09. The van der Waals surface area contributed by atoms with Crippen LogP contribution in [0.2, 0.25) is 0 Å². The van der Waals surface area contributed by atoms with Crippen LogP contribution in [0, 0.1) is 0 Å². The largest absolute Gasteiger partial charge is 0.489 e. The Bertz CT molecular complexity index is 585. The van der Waals surface area contributed by atoms with Gasteiger partial charge >= 0.3 is 0 Å². The second-order valence-corrected chi connectivity index (χ2v) is 5.49. The number of rotatable bonds is 4. The minimum atomic E-state index is -0.430. The third-order valence-electron chi connectivity index (χ3n) is 3.93. The average Bonchev–Trinajstić information content (AvgIpc) is 2.93. The minimum absolute atomic E-state index is 0.430. The van der Waals surface area contributed by atoms with Gasteiger partial charge in [-0.3, -0.25) is 0 Å². The summed E-state index contributed by atoms with van der Waals surface area (Å²) in [6.07, 6.45) is 3.27. The van der Waals surface area contributed by atoms with Crippen LogP contribution in [0.4, 0.5) is 0 Å². The van der Waals surface area contributed by atoms with E-state index in [0.29, 0.717) is 6.61 Å². The third kappa shape index (κ3) is 2.86. The van der Waals surface area contributed by atoms with Crippen molar-refractivity contribution in [2.45, 2.75) is 38.9 Å². The maximum absolute atomic E-state index is 9.47. The Labute approximate surface area is 120 Å². The topological polar surface area (TPSA) is 29.5 Å². The van der Waals surface area contributed by atoms with Crippen molar-refractivity contribution >= 4 is 0 Å². The zero-order valence-electron chi connectivity index (χ0n) is 11.8. The molecule has 1 atom stereocenters. The van der Waals surface area contributed by atoms with Gasteiger partial charge in [-0.15, -0.1) is 0 Å². The van der Waals surface area contributed by atoms with Gasteiger partial charge in [0.05, 0.1) is 6.10 Å². The zero-order valence-corrected chi connectivity index (χ0v) is 11.8. The summed E-state index contributed by atoms with van der Waals surface area (Å²) < 4.78 is 5.80. The number of hydrogen-bond donors (Lipinski definition) is 1. The normalized spacial score (nSPS) is 14.9. The van der Waals surface area contributed by atoms with Crippen molar-refractivity contribution in [1.82, 2.24) is 0 Å². The summed E-state index contributed by atoms with van der Waals surface area (Å²) in [7, 11) is 0. The molecule has 104 valence electrons. The van der Waals surface area contributed by atoms with Gasteiger partial charge in [0.2, 0.25) is 0 Å². The summed E-state index contributed by atoms with van der Waals surface area (Å²) in [5.74, 6) is 0.842. The SMILES string of the molecule is C[C@@H](O)c1ccc(OCc2ccc3c(c2)CCC3)cc1. The molecule has 20 heavy (non-hydrogen) atoms. The van der Waals surface area contributed by atoms with Crippen molar-refractivity contribution < 1.29 is 9.84 Å². The van der Waals surface area contributed by atoms with Gasteiger partial charge < -0.3 is 9.84 Å². The van der Waals surface area contributed by atoms with Gasteiger partial charge in [-0.25, -0.2) is 0 Å². The standard InChI is InChI=1S/C18H20O2/c1-13(19)15-7-9-18(10-8-15)20-12-14-5-6-16-3-2-4-17(16)11-14/h5-11,13,19H,2-4,12H2,1H3/t13-/m1/s1. The highest BCUT2D eigenvalue weighted by Gasteiger charge is 2.10. The van der Waals surface area contributed by atoms with Gasteiger partial charge in [0.15, 0.2) is 0 Å². The first-order chi connectivity index (χ1) is 9.72. The molecule has 1 aliphatic carbocycles. The molecule has 0 unspecified atom stereocenters. The lowest BCUT2D eigenvalue weighted by Crippen LogP contribution is -1.97. The Morgan fingerprint density at radius 2 is 1.80 bits per heavy atom. The van der Waals surface area contributed by atoms with Crippen LogP contribution in [-0.4, -0.2) is 5.11 Å². The van der Waals surface area contributed by atoms with Crippen molar-refractivity contribution in [3.05, 3.63) is 64.7 Å². The molecular formula is C18H20O2. The van der Waals surface area contributed by atoms with E-state index < -0.39 is 6.10 Å². The van der Waals surface area contributed by atoms with Crippen LogP contribution in [0.3, 0.4) is 0 Å². The average molecular weight is 268 g/mol. The Hall–Kier alpha value is -1.80. The van der Waals surface area contributed by atoms with Gasteiger partial charge in [-0.2, -0.15) is 0 Å². The molecule has 2 nitrogen and oxygen atoms in total. The van der Waals surface area contributed by atoms with E-state index >= 15 is 0 Å². The van der Waals surface area contributed by atoms with E-state index in [1.807, 2.05) is 24.3 Å². The molecule has 0 fully saturated rings. The minimum Gasteiger partial charge on any atom is -0.489 e. The maximum Gasteiger partial charge on any atom is 0.119 e. The number of ether oxygens (including phenoxy) is 1. The number of benzene rings is 2. The van der Waals surface area contributed by atoms with Gasteiger partial charge in [-0.1, -0.05) is 30.3 Å². The first-order valence-electron chi connectivity index (χ1n) is 7.24. The van der Waals surface area contributed by atoms with Gasteiger partial charge in [0.25, 0.3) is 0 Å². The fraction of sp³-hybridized carbons (Fsp3) is 0.333. The fourth-order valence-electron chi connectivity index (χ4n) is 2.72. The number of aryl methyl sites for hydroxylation is 2. The summed E-state index contributed by atoms with van der Waals surface area (Å²) >= 11 is 0. The fourth-order valence-corrected chi connectivity index (χ4v) is 2.72. The van der Waals surface area contributed by atoms with Crippen molar-refractivity contribution in [3.8, 4) is 5.75 Å². The van der Waals surface area contributed by atoms with Crippen molar-refractivity contribution in [3.63, 3.8) is 0 Å². The predicted octanol–water partition coefficient (Wildman–Crippen LogP) is 3.81. The van der Waals surface area contributed by atoms with Crippen LogP contribution >= 0.6 is 0 Å². The summed E-state index contributed by atoms with van der Waals surface area (Å²) in [5, 5.41) is 9.47. The van der Waals surface area contributed by atoms with Crippen molar-refractivity contribution in [2.75, 3.05) is 0 Å². The molecule has 0 radical (unpaired) electrons. The van der Waals surface area contributed by atoms with E-state index in [1.165, 1.54) is 36.0 Å². The van der Waals surface area contributed by atoms with Gasteiger partial charge in [0.1, 0.15) is 12.4 Å². The first kappa shape index (κ1) is 13.2. The molecule has 1 N–H and O–H groups in total. The molecule has 0 saturated carbocycles. The summed E-state index contributed by atoms with van der Waals surface area (Å²) in [5.41, 5.74) is 5.12. The second kappa shape index (κ2) is 5.68. The Balaban J connectivity index is 1.64. The van der Waals surface area contributed by atoms with Crippen LogP contribution in [-0.2, 0) is 19.4 Å². The van der Waals surface area contributed by atoms with E-state index in [4.69, 9.17) is 4.74 Å². The molecule has 0 amide bonds. The molecule has 2 heteroatoms. The van der Waals surface area contributed by atoms with Crippen LogP contribution in [0.25, 0.3) is 0 Å². The molecule has 3 rings (SSSR count). The monoisotopic (exact) mass is 268 g/mol. The van der Waals surface area contributed by atoms with E-state index in [1.54, 1.807) is 6.92 Å². The maximum atomic E-state index is 9.47. The molecule has 0 spiro atoms. The van der Waals surface area contributed by atoms with Gasteiger partial charge in [0, 0.05) is 0 Å². The zero-order chi connectivity index (χ0) is 13.9. The second-order valence-electron chi connectivity index (χ2n) is 5.49. The highest BCUT2D eigenvalue weighted by molar-refractivity contribution is 5.35. The molecule has 1 aliphatic rings. The highest BCUT2D eigenvalue weighted by atomic mass is 16.5.